The Morgan fingerprint density at radius 2 is 1.76 bits per heavy atom. The van der Waals surface area contributed by atoms with Crippen LogP contribution in [0.15, 0.2) is 18.2 Å². The van der Waals surface area contributed by atoms with E-state index in [1.165, 1.54) is 31.2 Å². The lowest BCUT2D eigenvalue weighted by atomic mass is 9.98. The standard InChI is InChI=1S/C16H24O/c1-4-5-6-7-8-9-16(17)15-12-13(2)10-11-14(15)3/h10-12H,4-9H2,1-3H3. The van der Waals surface area contributed by atoms with E-state index < -0.39 is 0 Å². The van der Waals surface area contributed by atoms with Crippen molar-refractivity contribution in [1.82, 2.24) is 0 Å². The van der Waals surface area contributed by atoms with Gasteiger partial charge in [-0.05, 0) is 31.9 Å². The molecule has 0 bridgehead atoms. The molecule has 1 heteroatoms. The number of carbonyl (C=O) groups is 1. The van der Waals surface area contributed by atoms with Crippen LogP contribution in [0.25, 0.3) is 0 Å². The molecular weight excluding hydrogens is 208 g/mol. The van der Waals surface area contributed by atoms with Crippen molar-refractivity contribution in [2.45, 2.75) is 59.3 Å². The highest BCUT2D eigenvalue weighted by Gasteiger charge is 2.08. The molecule has 0 heterocycles. The van der Waals surface area contributed by atoms with E-state index in [1.807, 2.05) is 26.0 Å². The molecule has 17 heavy (non-hydrogen) atoms. The molecule has 1 rings (SSSR count). The summed E-state index contributed by atoms with van der Waals surface area (Å²) >= 11 is 0. The Morgan fingerprint density at radius 1 is 1.06 bits per heavy atom. The van der Waals surface area contributed by atoms with Gasteiger partial charge in [0.1, 0.15) is 0 Å². The highest BCUT2D eigenvalue weighted by molar-refractivity contribution is 5.97. The van der Waals surface area contributed by atoms with Crippen LogP contribution in [0, 0.1) is 13.8 Å². The average Bonchev–Trinajstić information content (AvgIpc) is 2.32. The van der Waals surface area contributed by atoms with E-state index >= 15 is 0 Å². The third-order valence-corrected chi connectivity index (χ3v) is 3.20. The summed E-state index contributed by atoms with van der Waals surface area (Å²) in [4.78, 5) is 12.1. The minimum Gasteiger partial charge on any atom is -0.294 e. The number of hydrogen-bond donors (Lipinski definition) is 0. The highest BCUT2D eigenvalue weighted by Crippen LogP contribution is 2.15. The maximum Gasteiger partial charge on any atom is 0.163 e. The molecule has 0 aliphatic carbocycles. The second kappa shape index (κ2) is 7.26. The maximum absolute atomic E-state index is 12.1. The van der Waals surface area contributed by atoms with Crippen LogP contribution in [0.5, 0.6) is 0 Å². The zero-order valence-corrected chi connectivity index (χ0v) is 11.4. The van der Waals surface area contributed by atoms with Gasteiger partial charge in [0, 0.05) is 12.0 Å². The summed E-state index contributed by atoms with van der Waals surface area (Å²) < 4.78 is 0. The number of unbranched alkanes of at least 4 members (excludes halogenated alkanes) is 4. The first-order valence-electron chi connectivity index (χ1n) is 6.75. The number of benzene rings is 1. The van der Waals surface area contributed by atoms with Gasteiger partial charge in [-0.2, -0.15) is 0 Å². The monoisotopic (exact) mass is 232 g/mol. The van der Waals surface area contributed by atoms with E-state index in [-0.39, 0.29) is 0 Å². The molecule has 94 valence electrons. The van der Waals surface area contributed by atoms with E-state index in [2.05, 4.69) is 13.0 Å². The lowest BCUT2D eigenvalue weighted by molar-refractivity contribution is 0.0978. The summed E-state index contributed by atoms with van der Waals surface area (Å²) in [5.41, 5.74) is 3.19. The van der Waals surface area contributed by atoms with Crippen LogP contribution >= 0.6 is 0 Å². The van der Waals surface area contributed by atoms with E-state index in [4.69, 9.17) is 0 Å². The molecule has 0 aliphatic heterocycles. The molecule has 0 fully saturated rings. The molecule has 0 spiro atoms. The van der Waals surface area contributed by atoms with Gasteiger partial charge in [-0.1, -0.05) is 50.3 Å². The summed E-state index contributed by atoms with van der Waals surface area (Å²) in [7, 11) is 0. The molecule has 0 aliphatic rings. The number of carbonyl (C=O) groups excluding carboxylic acids is 1. The van der Waals surface area contributed by atoms with Crippen LogP contribution in [-0.2, 0) is 0 Å². The molecule has 0 saturated heterocycles. The first-order chi connectivity index (χ1) is 8.15. The third-order valence-electron chi connectivity index (χ3n) is 3.20. The van der Waals surface area contributed by atoms with Crippen LogP contribution in [0.1, 0.15) is 66.9 Å². The van der Waals surface area contributed by atoms with Gasteiger partial charge in [-0.25, -0.2) is 0 Å². The maximum atomic E-state index is 12.1. The largest absolute Gasteiger partial charge is 0.294 e. The Kier molecular flexibility index (Phi) is 5.96. The molecule has 1 aromatic carbocycles. The summed E-state index contributed by atoms with van der Waals surface area (Å²) in [6.07, 6.45) is 6.73. The van der Waals surface area contributed by atoms with Crippen molar-refractivity contribution >= 4 is 5.78 Å². The normalized spacial score (nSPS) is 10.5. The fraction of sp³-hybridized carbons (Fsp3) is 0.562. The van der Waals surface area contributed by atoms with Crippen LogP contribution in [0.2, 0.25) is 0 Å². The predicted octanol–water partition coefficient (Wildman–Crippen LogP) is 4.85. The van der Waals surface area contributed by atoms with Crippen LogP contribution in [0.3, 0.4) is 0 Å². The second-order valence-corrected chi connectivity index (χ2v) is 4.91. The summed E-state index contributed by atoms with van der Waals surface area (Å²) in [6.45, 7) is 6.27. The summed E-state index contributed by atoms with van der Waals surface area (Å²) in [5.74, 6) is 0.308. The smallest absolute Gasteiger partial charge is 0.163 e. The van der Waals surface area contributed by atoms with Gasteiger partial charge in [0.25, 0.3) is 0 Å². The molecule has 0 radical (unpaired) electrons. The van der Waals surface area contributed by atoms with Gasteiger partial charge in [-0.15, -0.1) is 0 Å². The molecule has 0 unspecified atom stereocenters. The minimum atomic E-state index is 0.308. The van der Waals surface area contributed by atoms with Crippen LogP contribution < -0.4 is 0 Å². The fourth-order valence-electron chi connectivity index (χ4n) is 2.06. The van der Waals surface area contributed by atoms with Gasteiger partial charge >= 0.3 is 0 Å². The second-order valence-electron chi connectivity index (χ2n) is 4.91. The van der Waals surface area contributed by atoms with Gasteiger partial charge in [0.05, 0.1) is 0 Å². The number of hydrogen-bond acceptors (Lipinski definition) is 1. The topological polar surface area (TPSA) is 17.1 Å². The van der Waals surface area contributed by atoms with Crippen molar-refractivity contribution < 1.29 is 4.79 Å². The Balaban J connectivity index is 2.44. The lowest BCUT2D eigenvalue weighted by Gasteiger charge is -2.06. The predicted molar refractivity (Wildman–Crippen MR) is 73.6 cm³/mol. The Bertz CT molecular complexity index is 366. The van der Waals surface area contributed by atoms with Gasteiger partial charge in [0.15, 0.2) is 5.78 Å². The van der Waals surface area contributed by atoms with E-state index in [0.717, 1.165) is 17.5 Å². The lowest BCUT2D eigenvalue weighted by Crippen LogP contribution is -2.02. The molecule has 0 atom stereocenters. The molecular formula is C16H24O. The zero-order chi connectivity index (χ0) is 12.7. The van der Waals surface area contributed by atoms with Crippen molar-refractivity contribution in [3.63, 3.8) is 0 Å². The first-order valence-corrected chi connectivity index (χ1v) is 6.75. The third kappa shape index (κ3) is 4.72. The van der Waals surface area contributed by atoms with Crippen molar-refractivity contribution in [1.29, 1.82) is 0 Å². The molecule has 0 aromatic heterocycles. The van der Waals surface area contributed by atoms with Gasteiger partial charge < -0.3 is 0 Å². The molecule has 0 amide bonds. The van der Waals surface area contributed by atoms with Gasteiger partial charge in [-0.3, -0.25) is 4.79 Å². The number of ketones is 1. The molecule has 0 saturated carbocycles. The fourth-order valence-corrected chi connectivity index (χ4v) is 2.06. The number of Topliss-reactive ketones (excluding diaryl/α,β-unsaturated/α-hetero) is 1. The van der Waals surface area contributed by atoms with Crippen LogP contribution in [-0.4, -0.2) is 5.78 Å². The molecule has 1 nitrogen and oxygen atoms in total. The Labute approximate surface area is 105 Å². The highest BCUT2D eigenvalue weighted by atomic mass is 16.1. The summed E-state index contributed by atoms with van der Waals surface area (Å²) in [5, 5.41) is 0. The van der Waals surface area contributed by atoms with Gasteiger partial charge in [0.2, 0.25) is 0 Å². The van der Waals surface area contributed by atoms with E-state index in [1.54, 1.807) is 0 Å². The Hall–Kier alpha value is -1.11. The number of rotatable bonds is 7. The number of aryl methyl sites for hydroxylation is 2. The van der Waals surface area contributed by atoms with Crippen LogP contribution in [0.4, 0.5) is 0 Å². The van der Waals surface area contributed by atoms with Crippen molar-refractivity contribution in [2.75, 3.05) is 0 Å². The zero-order valence-electron chi connectivity index (χ0n) is 11.4. The molecule has 0 N–H and O–H groups in total. The SMILES string of the molecule is CCCCCCCC(=O)c1cc(C)ccc1C. The van der Waals surface area contributed by atoms with Crippen molar-refractivity contribution in [3.05, 3.63) is 34.9 Å². The summed E-state index contributed by atoms with van der Waals surface area (Å²) in [6, 6.07) is 6.12. The quantitative estimate of drug-likeness (QED) is 0.485. The van der Waals surface area contributed by atoms with E-state index in [0.29, 0.717) is 12.2 Å². The minimum absolute atomic E-state index is 0.308. The average molecular weight is 232 g/mol. The molecule has 1 aromatic rings. The van der Waals surface area contributed by atoms with E-state index in [9.17, 15) is 4.79 Å². The van der Waals surface area contributed by atoms with Crippen molar-refractivity contribution in [3.8, 4) is 0 Å². The first kappa shape index (κ1) is 14.0. The Morgan fingerprint density at radius 3 is 2.47 bits per heavy atom. The van der Waals surface area contributed by atoms with Crippen molar-refractivity contribution in [2.24, 2.45) is 0 Å².